The summed E-state index contributed by atoms with van der Waals surface area (Å²) in [4.78, 5) is 7.59. The van der Waals surface area contributed by atoms with E-state index in [1.807, 2.05) is 0 Å². The van der Waals surface area contributed by atoms with Crippen molar-refractivity contribution in [1.29, 1.82) is 0 Å². The second-order valence-corrected chi connectivity index (χ2v) is 5.16. The topological polar surface area (TPSA) is 86.5 Å². The molecule has 9 heteroatoms. The Bertz CT molecular complexity index is 603. The summed E-state index contributed by atoms with van der Waals surface area (Å²) in [6, 6.07) is 2.30. The van der Waals surface area contributed by atoms with Gasteiger partial charge in [0.25, 0.3) is 0 Å². The minimum absolute atomic E-state index is 0.0190. The van der Waals surface area contributed by atoms with Crippen molar-refractivity contribution in [3.8, 4) is 0 Å². The number of rotatable bonds is 1. The van der Waals surface area contributed by atoms with Crippen LogP contribution >= 0.6 is 0 Å². The molecule has 21 heavy (non-hydrogen) atoms. The van der Waals surface area contributed by atoms with Gasteiger partial charge in [-0.25, -0.2) is 9.37 Å². The summed E-state index contributed by atoms with van der Waals surface area (Å²) < 4.78 is 57.7. The molecule has 5 nitrogen and oxygen atoms in total. The van der Waals surface area contributed by atoms with Gasteiger partial charge in [0, 0.05) is 0 Å². The molecule has 1 aromatic heterocycles. The summed E-state index contributed by atoms with van der Waals surface area (Å²) in [6.07, 6.45) is -4.73. The van der Waals surface area contributed by atoms with Gasteiger partial charge in [-0.3, -0.25) is 4.99 Å². The Labute approximate surface area is 118 Å². The van der Waals surface area contributed by atoms with Crippen molar-refractivity contribution in [2.75, 3.05) is 12.3 Å². The molecule has 116 valence electrons. The van der Waals surface area contributed by atoms with Crippen molar-refractivity contribution < 1.29 is 22.3 Å². The lowest BCUT2D eigenvalue weighted by molar-refractivity contribution is -0.249. The number of anilines is 1. The number of alkyl halides is 3. The Morgan fingerprint density at radius 1 is 1.24 bits per heavy atom. The van der Waals surface area contributed by atoms with Crippen LogP contribution in [0.25, 0.3) is 0 Å². The molecule has 2 heterocycles. The maximum atomic E-state index is 13.8. The largest absolute Gasteiger partial charge is 0.424 e. The minimum atomic E-state index is -4.73. The molecule has 1 aliphatic heterocycles. The molecule has 0 aromatic carbocycles. The Hall–Kier alpha value is -1.90. The Morgan fingerprint density at radius 3 is 2.38 bits per heavy atom. The lowest BCUT2D eigenvalue weighted by atomic mass is 9.93. The van der Waals surface area contributed by atoms with Crippen LogP contribution in [0.1, 0.15) is 19.5 Å². The fourth-order valence-electron chi connectivity index (χ4n) is 1.95. The maximum absolute atomic E-state index is 13.8. The standard InChI is InChI=1S/C12H14F4N4O/c1-10(8-6(13)3-4-7(17)19-8)5-21-11(2,9(18)20-10)12(14,15)16/h3-4H,5H2,1-2H3,(H2,17,19)(H2,18,20)/t10-,11+/m0/s1. The third kappa shape index (κ3) is 2.41. The zero-order valence-corrected chi connectivity index (χ0v) is 11.3. The summed E-state index contributed by atoms with van der Waals surface area (Å²) >= 11 is 0. The highest BCUT2D eigenvalue weighted by Crippen LogP contribution is 2.40. The van der Waals surface area contributed by atoms with Gasteiger partial charge in [0.1, 0.15) is 28.7 Å². The fourth-order valence-corrected chi connectivity index (χ4v) is 1.95. The molecule has 0 amide bonds. The number of ether oxygens (including phenoxy) is 1. The quantitative estimate of drug-likeness (QED) is 0.774. The molecule has 0 saturated heterocycles. The zero-order chi connectivity index (χ0) is 16.1. The highest BCUT2D eigenvalue weighted by Gasteiger charge is 2.59. The first-order valence-electron chi connectivity index (χ1n) is 5.98. The molecule has 2 rings (SSSR count). The molecule has 0 fully saturated rings. The van der Waals surface area contributed by atoms with E-state index in [9.17, 15) is 17.6 Å². The molecular formula is C12H14F4N4O. The molecule has 1 aromatic rings. The molecule has 0 unspecified atom stereocenters. The van der Waals surface area contributed by atoms with Gasteiger partial charge in [0.15, 0.2) is 0 Å². The first-order valence-corrected chi connectivity index (χ1v) is 5.98. The predicted octanol–water partition coefficient (Wildman–Crippen LogP) is 1.73. The van der Waals surface area contributed by atoms with Gasteiger partial charge in [0.05, 0.1) is 6.61 Å². The number of amidine groups is 1. The van der Waals surface area contributed by atoms with E-state index >= 15 is 0 Å². The average molecular weight is 306 g/mol. The van der Waals surface area contributed by atoms with Crippen LogP contribution in [0.2, 0.25) is 0 Å². The number of pyridine rings is 1. The van der Waals surface area contributed by atoms with E-state index in [-0.39, 0.29) is 11.5 Å². The van der Waals surface area contributed by atoms with Crippen molar-refractivity contribution >= 4 is 11.7 Å². The van der Waals surface area contributed by atoms with Crippen LogP contribution < -0.4 is 11.5 Å². The number of aromatic nitrogens is 1. The molecule has 4 N–H and O–H groups in total. The fraction of sp³-hybridized carbons (Fsp3) is 0.500. The van der Waals surface area contributed by atoms with E-state index in [1.54, 1.807) is 0 Å². The van der Waals surface area contributed by atoms with Crippen LogP contribution in [-0.4, -0.2) is 29.2 Å². The molecule has 0 aliphatic carbocycles. The van der Waals surface area contributed by atoms with Gasteiger partial charge in [0.2, 0.25) is 5.60 Å². The number of hydrogen-bond acceptors (Lipinski definition) is 5. The van der Waals surface area contributed by atoms with Crippen LogP contribution in [-0.2, 0) is 10.3 Å². The SMILES string of the molecule is C[C@@]1(c2nc(N)ccc2F)CO[C@@](C)(C(F)(F)F)C(N)=N1. The van der Waals surface area contributed by atoms with Crippen molar-refractivity contribution in [3.05, 3.63) is 23.6 Å². The van der Waals surface area contributed by atoms with E-state index < -0.39 is 35.6 Å². The summed E-state index contributed by atoms with van der Waals surface area (Å²) in [6.45, 7) is 1.62. The van der Waals surface area contributed by atoms with Crippen LogP contribution in [0, 0.1) is 5.82 Å². The van der Waals surface area contributed by atoms with Gasteiger partial charge in [-0.05, 0) is 26.0 Å². The van der Waals surface area contributed by atoms with Gasteiger partial charge in [-0.2, -0.15) is 13.2 Å². The summed E-state index contributed by atoms with van der Waals surface area (Å²) in [5.41, 5.74) is 6.50. The molecular weight excluding hydrogens is 292 g/mol. The minimum Gasteiger partial charge on any atom is -0.385 e. The molecule has 1 aliphatic rings. The zero-order valence-electron chi connectivity index (χ0n) is 11.3. The van der Waals surface area contributed by atoms with Gasteiger partial charge in [-0.1, -0.05) is 0 Å². The van der Waals surface area contributed by atoms with Crippen LogP contribution in [0.3, 0.4) is 0 Å². The Morgan fingerprint density at radius 2 is 1.86 bits per heavy atom. The summed E-state index contributed by atoms with van der Waals surface area (Å²) in [7, 11) is 0. The average Bonchev–Trinajstić information content (AvgIpc) is 2.36. The molecule has 0 spiro atoms. The lowest BCUT2D eigenvalue weighted by Crippen LogP contribution is -2.60. The third-order valence-corrected chi connectivity index (χ3v) is 3.42. The number of nitrogen functional groups attached to an aromatic ring is 1. The number of nitrogens with two attached hydrogens (primary N) is 2. The van der Waals surface area contributed by atoms with E-state index in [2.05, 4.69) is 9.98 Å². The van der Waals surface area contributed by atoms with Crippen LogP contribution in [0.4, 0.5) is 23.4 Å². The van der Waals surface area contributed by atoms with Gasteiger partial charge >= 0.3 is 6.18 Å². The first kappa shape index (κ1) is 15.5. The smallest absolute Gasteiger partial charge is 0.385 e. The number of hydrogen-bond donors (Lipinski definition) is 2. The molecule has 0 saturated carbocycles. The van der Waals surface area contributed by atoms with E-state index in [0.29, 0.717) is 0 Å². The monoisotopic (exact) mass is 306 g/mol. The Kier molecular flexibility index (Phi) is 3.36. The lowest BCUT2D eigenvalue weighted by Gasteiger charge is -2.40. The number of halogens is 4. The van der Waals surface area contributed by atoms with Crippen LogP contribution in [0.5, 0.6) is 0 Å². The highest BCUT2D eigenvalue weighted by molar-refractivity contribution is 5.90. The maximum Gasteiger partial charge on any atom is 0.424 e. The first-order chi connectivity index (χ1) is 9.49. The Balaban J connectivity index is 2.51. The van der Waals surface area contributed by atoms with E-state index in [1.165, 1.54) is 13.0 Å². The summed E-state index contributed by atoms with van der Waals surface area (Å²) in [5, 5.41) is 0. The second-order valence-electron chi connectivity index (χ2n) is 5.16. The summed E-state index contributed by atoms with van der Waals surface area (Å²) in [5.74, 6) is -1.51. The van der Waals surface area contributed by atoms with Crippen molar-refractivity contribution in [3.63, 3.8) is 0 Å². The van der Waals surface area contributed by atoms with Crippen molar-refractivity contribution in [2.24, 2.45) is 10.7 Å². The normalized spacial score (nSPS) is 30.1. The van der Waals surface area contributed by atoms with Gasteiger partial charge in [-0.15, -0.1) is 0 Å². The van der Waals surface area contributed by atoms with E-state index in [4.69, 9.17) is 16.2 Å². The van der Waals surface area contributed by atoms with Gasteiger partial charge < -0.3 is 16.2 Å². The second kappa shape index (κ2) is 4.55. The van der Waals surface area contributed by atoms with Crippen LogP contribution in [0.15, 0.2) is 17.1 Å². The molecule has 2 atom stereocenters. The highest BCUT2D eigenvalue weighted by atomic mass is 19.4. The van der Waals surface area contributed by atoms with Crippen molar-refractivity contribution in [2.45, 2.75) is 31.2 Å². The molecule has 0 radical (unpaired) electrons. The number of aliphatic imine (C=N–C) groups is 1. The van der Waals surface area contributed by atoms with Crippen molar-refractivity contribution in [1.82, 2.24) is 4.98 Å². The van der Waals surface area contributed by atoms with E-state index in [0.717, 1.165) is 13.0 Å². The predicted molar refractivity (Wildman–Crippen MR) is 68.0 cm³/mol. The number of nitrogens with zero attached hydrogens (tertiary/aromatic N) is 2. The molecule has 0 bridgehead atoms. The third-order valence-electron chi connectivity index (χ3n) is 3.42.